The highest BCUT2D eigenvalue weighted by atomic mass is 79.9. The van der Waals surface area contributed by atoms with Crippen molar-refractivity contribution in [3.05, 3.63) is 38.9 Å². The molecule has 0 saturated carbocycles. The van der Waals surface area contributed by atoms with Gasteiger partial charge in [0.05, 0.1) is 12.7 Å². The Kier molecular flexibility index (Phi) is 2.25. The Bertz CT molecular complexity index is 959. The zero-order valence-electron chi connectivity index (χ0n) is 11.2. The van der Waals surface area contributed by atoms with Crippen molar-refractivity contribution in [3.8, 4) is 0 Å². The monoisotopic (exact) mass is 345 g/mol. The average Bonchev–Trinajstić information content (AvgIpc) is 3.13. The molecule has 2 aliphatic heterocycles. The van der Waals surface area contributed by atoms with Crippen LogP contribution < -0.4 is 5.56 Å². The van der Waals surface area contributed by atoms with Gasteiger partial charge in [0.2, 0.25) is 5.58 Å². The number of hydrogen-bond acceptors (Lipinski definition) is 4. The predicted molar refractivity (Wildman–Crippen MR) is 82.2 cm³/mol. The van der Waals surface area contributed by atoms with Crippen LogP contribution in [0.5, 0.6) is 0 Å². The Labute approximate surface area is 128 Å². The van der Waals surface area contributed by atoms with E-state index in [1.807, 2.05) is 18.2 Å². The summed E-state index contributed by atoms with van der Waals surface area (Å²) in [5.74, 6) is 0.896. The highest BCUT2D eigenvalue weighted by molar-refractivity contribution is 9.10. The maximum Gasteiger partial charge on any atom is 0.298 e. The van der Waals surface area contributed by atoms with E-state index < -0.39 is 0 Å². The standard InChI is InChI=1S/C15H12BrN3O2/c16-8-3-4-11-9(6-8)12-13(21-11)15(20)19-7-18-5-1-2-10(18)14(19)17-12/h3-4,6,10H,1-2,5,7H2/t10-/m0/s1. The van der Waals surface area contributed by atoms with E-state index >= 15 is 0 Å². The molecule has 1 saturated heterocycles. The number of aromatic nitrogens is 2. The van der Waals surface area contributed by atoms with E-state index in [1.54, 1.807) is 4.57 Å². The molecule has 4 heterocycles. The van der Waals surface area contributed by atoms with Gasteiger partial charge < -0.3 is 4.42 Å². The molecule has 1 fully saturated rings. The molecule has 5 nitrogen and oxygen atoms in total. The molecule has 2 aliphatic rings. The normalized spacial score (nSPS) is 21.3. The van der Waals surface area contributed by atoms with Gasteiger partial charge in [-0.05, 0) is 31.0 Å². The Morgan fingerprint density at radius 2 is 2.29 bits per heavy atom. The SMILES string of the molecule is O=c1c2oc3ccc(Br)cc3c2nc2n1CN1CCC[C@@H]21. The van der Waals surface area contributed by atoms with Gasteiger partial charge in [0.1, 0.15) is 16.9 Å². The quantitative estimate of drug-likeness (QED) is 0.628. The Morgan fingerprint density at radius 1 is 1.38 bits per heavy atom. The number of furan rings is 1. The van der Waals surface area contributed by atoms with Crippen LogP contribution in [-0.2, 0) is 6.67 Å². The van der Waals surface area contributed by atoms with Gasteiger partial charge in [-0.25, -0.2) is 4.98 Å². The van der Waals surface area contributed by atoms with Crippen molar-refractivity contribution in [2.24, 2.45) is 0 Å². The Balaban J connectivity index is 1.90. The Morgan fingerprint density at radius 3 is 3.19 bits per heavy atom. The molecule has 3 aromatic rings. The lowest BCUT2D eigenvalue weighted by Gasteiger charge is -2.10. The van der Waals surface area contributed by atoms with Gasteiger partial charge in [0.25, 0.3) is 5.56 Å². The summed E-state index contributed by atoms with van der Waals surface area (Å²) in [7, 11) is 0. The number of rotatable bonds is 0. The number of fused-ring (bicyclic) bond motifs is 6. The molecule has 0 unspecified atom stereocenters. The molecule has 1 aromatic carbocycles. The maximum absolute atomic E-state index is 12.7. The highest BCUT2D eigenvalue weighted by Crippen LogP contribution is 2.37. The van der Waals surface area contributed by atoms with Gasteiger partial charge >= 0.3 is 0 Å². The molecule has 106 valence electrons. The van der Waals surface area contributed by atoms with Crippen LogP contribution in [0.25, 0.3) is 22.1 Å². The first-order valence-electron chi connectivity index (χ1n) is 7.09. The van der Waals surface area contributed by atoms with E-state index in [1.165, 1.54) is 6.42 Å². The average molecular weight is 346 g/mol. The van der Waals surface area contributed by atoms with Crippen molar-refractivity contribution >= 4 is 38.0 Å². The van der Waals surface area contributed by atoms with Gasteiger partial charge in [0.15, 0.2) is 0 Å². The lowest BCUT2D eigenvalue weighted by molar-refractivity contribution is 0.255. The number of benzene rings is 1. The largest absolute Gasteiger partial charge is 0.448 e. The van der Waals surface area contributed by atoms with Crippen LogP contribution in [0, 0.1) is 0 Å². The molecule has 0 spiro atoms. The number of halogens is 1. The van der Waals surface area contributed by atoms with Crippen LogP contribution in [-0.4, -0.2) is 21.0 Å². The molecule has 0 N–H and O–H groups in total. The second-order valence-corrected chi connectivity index (χ2v) is 6.65. The van der Waals surface area contributed by atoms with Crippen molar-refractivity contribution in [1.82, 2.24) is 14.5 Å². The number of nitrogens with zero attached hydrogens (tertiary/aromatic N) is 3. The summed E-state index contributed by atoms with van der Waals surface area (Å²) in [4.78, 5) is 19.8. The van der Waals surface area contributed by atoms with Gasteiger partial charge in [-0.15, -0.1) is 0 Å². The van der Waals surface area contributed by atoms with Crippen LogP contribution in [0.1, 0.15) is 24.7 Å². The lowest BCUT2D eigenvalue weighted by Crippen LogP contribution is -2.23. The number of hydrogen-bond donors (Lipinski definition) is 0. The van der Waals surface area contributed by atoms with E-state index in [2.05, 4.69) is 20.8 Å². The van der Waals surface area contributed by atoms with Gasteiger partial charge in [-0.2, -0.15) is 0 Å². The van der Waals surface area contributed by atoms with Gasteiger partial charge in [-0.1, -0.05) is 15.9 Å². The summed E-state index contributed by atoms with van der Waals surface area (Å²) in [5, 5.41) is 0.899. The molecule has 6 heteroatoms. The van der Waals surface area contributed by atoms with Crippen molar-refractivity contribution in [2.75, 3.05) is 6.54 Å². The first-order valence-corrected chi connectivity index (χ1v) is 7.88. The third-order valence-electron chi connectivity index (χ3n) is 4.55. The fourth-order valence-electron chi connectivity index (χ4n) is 3.57. The van der Waals surface area contributed by atoms with Crippen LogP contribution in [0.4, 0.5) is 0 Å². The molecular weight excluding hydrogens is 334 g/mol. The van der Waals surface area contributed by atoms with Crippen molar-refractivity contribution in [3.63, 3.8) is 0 Å². The molecule has 2 aromatic heterocycles. The minimum absolute atomic E-state index is 0.0586. The minimum Gasteiger partial charge on any atom is -0.448 e. The fourth-order valence-corrected chi connectivity index (χ4v) is 3.94. The van der Waals surface area contributed by atoms with Crippen LogP contribution in [0.2, 0.25) is 0 Å². The lowest BCUT2D eigenvalue weighted by atomic mass is 10.2. The summed E-state index contributed by atoms with van der Waals surface area (Å²) in [6.07, 6.45) is 2.26. The second kappa shape index (κ2) is 3.96. The fraction of sp³-hybridized carbons (Fsp3) is 0.333. The first-order chi connectivity index (χ1) is 10.2. The van der Waals surface area contributed by atoms with Crippen molar-refractivity contribution < 1.29 is 4.42 Å². The molecule has 21 heavy (non-hydrogen) atoms. The summed E-state index contributed by atoms with van der Waals surface area (Å²) in [6.45, 7) is 1.68. The summed E-state index contributed by atoms with van der Waals surface area (Å²) in [5.41, 5.74) is 1.71. The zero-order chi connectivity index (χ0) is 14.1. The predicted octanol–water partition coefficient (Wildman–Crippen LogP) is 3.01. The maximum atomic E-state index is 12.7. The van der Waals surface area contributed by atoms with Gasteiger partial charge in [0, 0.05) is 16.4 Å². The van der Waals surface area contributed by atoms with Crippen molar-refractivity contribution in [2.45, 2.75) is 25.6 Å². The molecule has 0 radical (unpaired) electrons. The van der Waals surface area contributed by atoms with E-state index in [-0.39, 0.29) is 5.56 Å². The van der Waals surface area contributed by atoms with Crippen molar-refractivity contribution in [1.29, 1.82) is 0 Å². The van der Waals surface area contributed by atoms with E-state index in [9.17, 15) is 4.79 Å². The van der Waals surface area contributed by atoms with Crippen LogP contribution >= 0.6 is 15.9 Å². The molecule has 1 atom stereocenters. The highest BCUT2D eigenvalue weighted by Gasteiger charge is 2.37. The second-order valence-electron chi connectivity index (χ2n) is 5.74. The zero-order valence-corrected chi connectivity index (χ0v) is 12.8. The van der Waals surface area contributed by atoms with E-state index in [0.717, 1.165) is 28.6 Å². The van der Waals surface area contributed by atoms with E-state index in [4.69, 9.17) is 9.40 Å². The van der Waals surface area contributed by atoms with Crippen LogP contribution in [0.3, 0.4) is 0 Å². The molecule has 0 aliphatic carbocycles. The summed E-state index contributed by atoms with van der Waals surface area (Å²) in [6, 6.07) is 6.04. The molecular formula is C15H12BrN3O2. The minimum atomic E-state index is -0.0586. The Hall–Kier alpha value is -1.66. The van der Waals surface area contributed by atoms with Gasteiger partial charge in [-0.3, -0.25) is 14.3 Å². The summed E-state index contributed by atoms with van der Waals surface area (Å²) < 4.78 is 8.48. The molecule has 5 rings (SSSR count). The molecule has 0 bridgehead atoms. The summed E-state index contributed by atoms with van der Waals surface area (Å²) >= 11 is 3.47. The third-order valence-corrected chi connectivity index (χ3v) is 5.04. The first kappa shape index (κ1) is 11.9. The topological polar surface area (TPSA) is 51.3 Å². The smallest absolute Gasteiger partial charge is 0.298 e. The third kappa shape index (κ3) is 1.49. The van der Waals surface area contributed by atoms with E-state index in [0.29, 0.717) is 29.4 Å². The molecule has 0 amide bonds. The van der Waals surface area contributed by atoms with Crippen LogP contribution in [0.15, 0.2) is 31.9 Å².